The number of esters is 1. The summed E-state index contributed by atoms with van der Waals surface area (Å²) in [6, 6.07) is 15.2. The Morgan fingerprint density at radius 3 is 2.38 bits per heavy atom. The highest BCUT2D eigenvalue weighted by Crippen LogP contribution is 2.32. The van der Waals surface area contributed by atoms with Crippen LogP contribution in [0, 0.1) is 6.92 Å². The lowest BCUT2D eigenvalue weighted by molar-refractivity contribution is 0.0600. The minimum atomic E-state index is -1.12. The van der Waals surface area contributed by atoms with Crippen molar-refractivity contribution >= 4 is 47.0 Å². The van der Waals surface area contributed by atoms with Crippen LogP contribution in [-0.4, -0.2) is 33.8 Å². The number of carbonyl (C=O) groups excluding carboxylic acids is 1. The fourth-order valence-electron chi connectivity index (χ4n) is 3.53. The quantitative estimate of drug-likeness (QED) is 0.223. The number of hydrogen-bond acceptors (Lipinski definition) is 4. The molecule has 0 amide bonds. The number of methoxy groups -OCH3 is 1. The van der Waals surface area contributed by atoms with Gasteiger partial charge in [-0.25, -0.2) is 9.48 Å². The van der Waals surface area contributed by atoms with Gasteiger partial charge >= 0.3 is 5.97 Å². The van der Waals surface area contributed by atoms with Crippen molar-refractivity contribution in [3.05, 3.63) is 81.5 Å². The molecular weight excluding hydrogens is 471 g/mol. The zero-order valence-electron chi connectivity index (χ0n) is 19.9. The molecule has 0 unspecified atom stereocenters. The molecule has 0 aliphatic heterocycles. The number of aromatic nitrogens is 2. The fourth-order valence-corrected chi connectivity index (χ4v) is 4.06. The van der Waals surface area contributed by atoms with Gasteiger partial charge in [0.05, 0.1) is 35.6 Å². The number of benzene rings is 2. The molecule has 0 aliphatic carbocycles. The number of hydrogen-bond donors (Lipinski definition) is 1. The molecule has 1 aromatic heterocycles. The molecule has 3 aromatic rings. The van der Waals surface area contributed by atoms with Gasteiger partial charge in [0.25, 0.3) is 0 Å². The number of carbonyl (C=O) groups is 1. The summed E-state index contributed by atoms with van der Waals surface area (Å²) in [5, 5.41) is 15.7. The lowest BCUT2D eigenvalue weighted by atomic mass is 9.99. The summed E-state index contributed by atoms with van der Waals surface area (Å²) in [5.41, 5.74) is 5.24. The maximum atomic E-state index is 11.8. The van der Waals surface area contributed by atoms with E-state index < -0.39 is 5.60 Å². The molecule has 178 valence electrons. The van der Waals surface area contributed by atoms with E-state index >= 15 is 0 Å². The van der Waals surface area contributed by atoms with E-state index in [2.05, 4.69) is 11.2 Å². The molecule has 0 saturated carbocycles. The smallest absolute Gasteiger partial charge is 0.337 e. The van der Waals surface area contributed by atoms with Gasteiger partial charge in [-0.15, -0.1) is 11.6 Å². The van der Waals surface area contributed by atoms with Gasteiger partial charge in [0.2, 0.25) is 0 Å². The lowest BCUT2D eigenvalue weighted by Crippen LogP contribution is -2.17. The van der Waals surface area contributed by atoms with Crippen LogP contribution in [0.1, 0.15) is 53.5 Å². The number of nitrogens with zero attached hydrogens (tertiary/aromatic N) is 2. The molecule has 0 atom stereocenters. The minimum Gasteiger partial charge on any atom is -0.465 e. The van der Waals surface area contributed by atoms with Crippen LogP contribution in [0.3, 0.4) is 0 Å². The van der Waals surface area contributed by atoms with Crippen LogP contribution < -0.4 is 0 Å². The molecule has 3 rings (SSSR count). The Morgan fingerprint density at radius 2 is 1.82 bits per heavy atom. The van der Waals surface area contributed by atoms with Crippen LogP contribution >= 0.6 is 23.2 Å². The molecule has 0 spiro atoms. The van der Waals surface area contributed by atoms with Crippen molar-refractivity contribution in [2.24, 2.45) is 0 Å². The van der Waals surface area contributed by atoms with Crippen molar-refractivity contribution in [2.75, 3.05) is 13.0 Å². The highest BCUT2D eigenvalue weighted by Gasteiger charge is 2.24. The molecule has 0 radical (unpaired) electrons. The molecule has 34 heavy (non-hydrogen) atoms. The molecule has 7 heteroatoms. The SMILES string of the molecule is COC(=O)c1cccc(/C=C/c2ccc(-c3cc(C(C)(C)O)nn3/C(CCl)=C(/C)Cl)c(C)c2)c1. The molecule has 1 N–H and O–H groups in total. The summed E-state index contributed by atoms with van der Waals surface area (Å²) in [7, 11) is 1.37. The van der Waals surface area contributed by atoms with Gasteiger partial charge in [-0.3, -0.25) is 0 Å². The van der Waals surface area contributed by atoms with E-state index in [1.807, 2.05) is 49.4 Å². The molecule has 5 nitrogen and oxygen atoms in total. The molecule has 0 aliphatic rings. The van der Waals surface area contributed by atoms with Crippen LogP contribution in [0.25, 0.3) is 29.1 Å². The zero-order valence-corrected chi connectivity index (χ0v) is 21.4. The lowest BCUT2D eigenvalue weighted by Gasteiger charge is -2.14. The largest absolute Gasteiger partial charge is 0.465 e. The Bertz CT molecular complexity index is 1260. The van der Waals surface area contributed by atoms with Crippen molar-refractivity contribution in [1.29, 1.82) is 0 Å². The van der Waals surface area contributed by atoms with Gasteiger partial charge in [-0.05, 0) is 62.6 Å². The first-order chi connectivity index (χ1) is 16.0. The minimum absolute atomic E-state index is 0.180. The fraction of sp³-hybridized carbons (Fsp3) is 0.259. The third-order valence-corrected chi connectivity index (χ3v) is 5.89. The van der Waals surface area contributed by atoms with Crippen molar-refractivity contribution in [1.82, 2.24) is 9.78 Å². The van der Waals surface area contributed by atoms with Crippen molar-refractivity contribution in [3.8, 4) is 11.3 Å². The summed E-state index contributed by atoms with van der Waals surface area (Å²) in [5.74, 6) is -0.185. The van der Waals surface area contributed by atoms with Crippen LogP contribution in [0.4, 0.5) is 0 Å². The summed E-state index contributed by atoms with van der Waals surface area (Å²) in [4.78, 5) is 11.8. The van der Waals surface area contributed by atoms with Crippen molar-refractivity contribution in [2.45, 2.75) is 33.3 Å². The van der Waals surface area contributed by atoms with E-state index in [4.69, 9.17) is 27.9 Å². The standard InChI is InChI=1S/C27H28Cl2N2O3/c1-17-13-20(10-9-19-7-6-8-21(14-19)26(32)34-5)11-12-22(17)23-15-25(27(3,4)33)30-31(23)24(16-28)18(2)29/h6-15,33H,16H2,1-5H3/b10-9+,24-18-. The monoisotopic (exact) mass is 498 g/mol. The predicted octanol–water partition coefficient (Wildman–Crippen LogP) is 6.71. The normalized spacial score (nSPS) is 12.7. The van der Waals surface area contributed by atoms with Gasteiger partial charge in [0.1, 0.15) is 5.60 Å². The Hall–Kier alpha value is -2.86. The van der Waals surface area contributed by atoms with Gasteiger partial charge in [-0.1, -0.05) is 54.1 Å². The van der Waals surface area contributed by atoms with Crippen LogP contribution in [0.15, 0.2) is 53.6 Å². The third kappa shape index (κ3) is 5.79. The predicted molar refractivity (Wildman–Crippen MR) is 140 cm³/mol. The van der Waals surface area contributed by atoms with Crippen LogP contribution in [-0.2, 0) is 10.3 Å². The second kappa shape index (κ2) is 10.6. The van der Waals surface area contributed by atoms with Crippen LogP contribution in [0.5, 0.6) is 0 Å². The van der Waals surface area contributed by atoms with E-state index in [0.717, 1.165) is 27.9 Å². The number of rotatable bonds is 7. The second-order valence-corrected chi connectivity index (χ2v) is 9.36. The van der Waals surface area contributed by atoms with Gasteiger partial charge in [0.15, 0.2) is 0 Å². The van der Waals surface area contributed by atoms with E-state index in [1.54, 1.807) is 37.6 Å². The Morgan fingerprint density at radius 1 is 1.15 bits per heavy atom. The summed E-state index contributed by atoms with van der Waals surface area (Å²) >= 11 is 12.5. The first kappa shape index (κ1) is 25.8. The highest BCUT2D eigenvalue weighted by molar-refractivity contribution is 6.33. The maximum Gasteiger partial charge on any atom is 0.337 e. The first-order valence-electron chi connectivity index (χ1n) is 10.8. The summed E-state index contributed by atoms with van der Waals surface area (Å²) in [6.45, 7) is 7.17. The van der Waals surface area contributed by atoms with E-state index in [0.29, 0.717) is 22.0 Å². The van der Waals surface area contributed by atoms with Crippen LogP contribution in [0.2, 0.25) is 0 Å². The molecule has 0 bridgehead atoms. The molecule has 0 fully saturated rings. The highest BCUT2D eigenvalue weighted by atomic mass is 35.5. The number of allylic oxidation sites excluding steroid dienone is 2. The summed E-state index contributed by atoms with van der Waals surface area (Å²) in [6.07, 6.45) is 3.93. The third-order valence-electron chi connectivity index (χ3n) is 5.42. The molecule has 1 heterocycles. The van der Waals surface area contributed by atoms with E-state index in [9.17, 15) is 9.90 Å². The number of halogens is 2. The maximum absolute atomic E-state index is 11.8. The van der Waals surface area contributed by atoms with E-state index in [-0.39, 0.29) is 11.8 Å². The second-order valence-electron chi connectivity index (χ2n) is 8.52. The van der Waals surface area contributed by atoms with E-state index in [1.165, 1.54) is 7.11 Å². The molecule has 2 aromatic carbocycles. The Balaban J connectivity index is 2.00. The number of aliphatic hydroxyl groups is 1. The molecular formula is C27H28Cl2N2O3. The van der Waals surface area contributed by atoms with Gasteiger partial charge in [-0.2, -0.15) is 5.10 Å². The number of alkyl halides is 1. The average molecular weight is 499 g/mol. The van der Waals surface area contributed by atoms with Gasteiger partial charge in [0, 0.05) is 10.6 Å². The first-order valence-corrected chi connectivity index (χ1v) is 11.7. The Kier molecular flexibility index (Phi) is 8.03. The van der Waals surface area contributed by atoms with Gasteiger partial charge < -0.3 is 9.84 Å². The number of aryl methyl sites for hydroxylation is 1. The molecule has 0 saturated heterocycles. The Labute approximate surface area is 210 Å². The van der Waals surface area contributed by atoms with Crippen molar-refractivity contribution in [3.63, 3.8) is 0 Å². The number of ether oxygens (including phenoxy) is 1. The zero-order chi connectivity index (χ0) is 25.0. The average Bonchev–Trinajstić information content (AvgIpc) is 3.23. The topological polar surface area (TPSA) is 64.3 Å². The summed E-state index contributed by atoms with van der Waals surface area (Å²) < 4.78 is 6.50. The van der Waals surface area contributed by atoms with Crippen molar-refractivity contribution < 1.29 is 14.6 Å².